The van der Waals surface area contributed by atoms with E-state index in [-0.39, 0.29) is 36.4 Å². The average molecular weight is 441 g/mol. The number of hydrogen-bond donors (Lipinski definition) is 1. The molecule has 1 aromatic carbocycles. The number of thiocarbonyl (C=S) groups is 1. The molecule has 1 aromatic rings. The van der Waals surface area contributed by atoms with Crippen LogP contribution >= 0.6 is 24.0 Å². The molecule has 1 saturated heterocycles. The van der Waals surface area contributed by atoms with Crippen LogP contribution < -0.4 is 5.32 Å². The molecule has 0 saturated carbocycles. The third-order valence-corrected chi connectivity index (χ3v) is 6.86. The van der Waals surface area contributed by atoms with Crippen LogP contribution in [-0.2, 0) is 19.4 Å². The van der Waals surface area contributed by atoms with Crippen molar-refractivity contribution >= 4 is 56.0 Å². The molecule has 148 valence electrons. The number of carbonyl (C=O) groups excluding carboxylic acids is 2. The predicted molar refractivity (Wildman–Crippen MR) is 110 cm³/mol. The fourth-order valence-electron chi connectivity index (χ4n) is 2.78. The van der Waals surface area contributed by atoms with Gasteiger partial charge in [-0.25, -0.2) is 12.8 Å². The Hall–Kier alpha value is -2.04. The van der Waals surface area contributed by atoms with Crippen LogP contribution in [0.15, 0.2) is 40.7 Å². The second-order valence-corrected chi connectivity index (χ2v) is 9.93. The van der Waals surface area contributed by atoms with E-state index in [0.29, 0.717) is 21.2 Å². The van der Waals surface area contributed by atoms with Crippen LogP contribution in [0.2, 0.25) is 0 Å². The first kappa shape index (κ1) is 20.7. The summed E-state index contributed by atoms with van der Waals surface area (Å²) in [5, 5.41) is 3.74. The van der Waals surface area contributed by atoms with Crippen molar-refractivity contribution in [2.75, 3.05) is 12.3 Å². The van der Waals surface area contributed by atoms with Crippen molar-refractivity contribution < 1.29 is 22.4 Å². The Bertz CT molecular complexity index is 988. The molecule has 1 N–H and O–H groups in total. The maximum atomic E-state index is 13.3. The summed E-state index contributed by atoms with van der Waals surface area (Å²) in [4.78, 5) is 26.3. The van der Waals surface area contributed by atoms with Crippen LogP contribution in [0.25, 0.3) is 6.08 Å². The molecule has 10 heteroatoms. The Kier molecular flexibility index (Phi) is 6.31. The maximum absolute atomic E-state index is 13.3. The minimum absolute atomic E-state index is 0.127. The lowest BCUT2D eigenvalue weighted by atomic mass is 10.2. The van der Waals surface area contributed by atoms with Crippen molar-refractivity contribution in [2.45, 2.75) is 18.9 Å². The van der Waals surface area contributed by atoms with Gasteiger partial charge in [0.2, 0.25) is 5.91 Å². The van der Waals surface area contributed by atoms with Crippen LogP contribution in [0.4, 0.5) is 4.39 Å². The smallest absolute Gasteiger partial charge is 0.266 e. The van der Waals surface area contributed by atoms with E-state index in [9.17, 15) is 22.4 Å². The van der Waals surface area contributed by atoms with E-state index in [4.69, 9.17) is 12.2 Å². The monoisotopic (exact) mass is 440 g/mol. The molecular weight excluding hydrogens is 423 g/mol. The van der Waals surface area contributed by atoms with Gasteiger partial charge < -0.3 is 5.32 Å². The fraction of sp³-hybridized carbons (Fsp3) is 0.278. The molecule has 0 bridgehead atoms. The topological polar surface area (TPSA) is 83.6 Å². The molecule has 2 aliphatic heterocycles. The van der Waals surface area contributed by atoms with E-state index in [1.54, 1.807) is 18.2 Å². The molecule has 0 spiro atoms. The number of sulfone groups is 1. The Morgan fingerprint density at radius 2 is 2.21 bits per heavy atom. The summed E-state index contributed by atoms with van der Waals surface area (Å²) >= 11 is 6.37. The summed E-state index contributed by atoms with van der Waals surface area (Å²) in [6, 6.07) is 5.39. The summed E-state index contributed by atoms with van der Waals surface area (Å²) in [5.41, 5.74) is 0.569. The summed E-state index contributed by atoms with van der Waals surface area (Å²) in [7, 11) is -3.22. The molecule has 1 fully saturated rings. The maximum Gasteiger partial charge on any atom is 0.266 e. The van der Waals surface area contributed by atoms with Crippen LogP contribution in [0, 0.1) is 5.82 Å². The fourth-order valence-corrected chi connectivity index (χ4v) is 5.33. The van der Waals surface area contributed by atoms with Crippen molar-refractivity contribution in [2.24, 2.45) is 0 Å². The van der Waals surface area contributed by atoms with Gasteiger partial charge in [0.05, 0.1) is 16.7 Å². The highest BCUT2D eigenvalue weighted by atomic mass is 32.2. The number of carbonyl (C=O) groups is 2. The molecule has 0 aliphatic carbocycles. The number of amides is 2. The van der Waals surface area contributed by atoms with Crippen molar-refractivity contribution in [1.29, 1.82) is 0 Å². The molecule has 0 aromatic heterocycles. The molecule has 2 aliphatic rings. The van der Waals surface area contributed by atoms with E-state index in [2.05, 4.69) is 5.32 Å². The number of nitrogens with one attached hydrogen (secondary N) is 1. The summed E-state index contributed by atoms with van der Waals surface area (Å²) in [5.74, 6) is -1.07. The zero-order chi connectivity index (χ0) is 20.3. The third-order valence-electron chi connectivity index (χ3n) is 4.08. The molecule has 2 amide bonds. The molecule has 2 heterocycles. The largest absolute Gasteiger partial charge is 0.349 e. The number of thioether (sulfide) groups is 1. The molecule has 0 radical (unpaired) electrons. The van der Waals surface area contributed by atoms with Gasteiger partial charge in [0, 0.05) is 18.4 Å². The number of rotatable bonds is 6. The molecule has 3 rings (SSSR count). The Balaban J connectivity index is 1.51. The molecule has 6 nitrogen and oxygen atoms in total. The number of benzene rings is 1. The summed E-state index contributed by atoms with van der Waals surface area (Å²) in [6.45, 7) is 0.275. The van der Waals surface area contributed by atoms with Gasteiger partial charge in [-0.3, -0.25) is 14.5 Å². The molecular formula is C18H17FN2O4S3. The second-order valence-electron chi connectivity index (χ2n) is 6.32. The zero-order valence-electron chi connectivity index (χ0n) is 14.6. The highest BCUT2D eigenvalue weighted by Gasteiger charge is 2.31. The first-order chi connectivity index (χ1) is 13.2. The minimum Gasteiger partial charge on any atom is -0.349 e. The highest BCUT2D eigenvalue weighted by Crippen LogP contribution is 2.32. The van der Waals surface area contributed by atoms with Crippen LogP contribution in [-0.4, -0.2) is 47.8 Å². The van der Waals surface area contributed by atoms with Crippen LogP contribution in [0.5, 0.6) is 0 Å². The predicted octanol–water partition coefficient (Wildman–Crippen LogP) is 2.23. The van der Waals surface area contributed by atoms with Crippen molar-refractivity contribution in [3.8, 4) is 0 Å². The first-order valence-electron chi connectivity index (χ1n) is 8.45. The first-order valence-corrected chi connectivity index (χ1v) is 11.4. The van der Waals surface area contributed by atoms with E-state index >= 15 is 0 Å². The molecule has 28 heavy (non-hydrogen) atoms. The Morgan fingerprint density at radius 3 is 2.89 bits per heavy atom. The Labute approximate surface area is 171 Å². The van der Waals surface area contributed by atoms with Crippen molar-refractivity contribution in [3.63, 3.8) is 0 Å². The lowest BCUT2D eigenvalue weighted by molar-refractivity contribution is -0.124. The van der Waals surface area contributed by atoms with E-state index in [0.717, 1.165) is 17.2 Å². The van der Waals surface area contributed by atoms with Gasteiger partial charge in [0.1, 0.15) is 10.1 Å². The van der Waals surface area contributed by atoms with Crippen molar-refractivity contribution in [3.05, 3.63) is 52.0 Å². The van der Waals surface area contributed by atoms with Crippen LogP contribution in [0.1, 0.15) is 18.4 Å². The lowest BCUT2D eigenvalue weighted by Gasteiger charge is -2.15. The van der Waals surface area contributed by atoms with Gasteiger partial charge in [-0.1, -0.05) is 36.1 Å². The van der Waals surface area contributed by atoms with Crippen LogP contribution in [0.3, 0.4) is 0 Å². The van der Waals surface area contributed by atoms with E-state index in [1.165, 1.54) is 23.1 Å². The third kappa shape index (κ3) is 5.27. The minimum atomic E-state index is -3.22. The second kappa shape index (κ2) is 8.54. The van der Waals surface area contributed by atoms with E-state index in [1.807, 2.05) is 0 Å². The van der Waals surface area contributed by atoms with Gasteiger partial charge in [0.25, 0.3) is 5.91 Å². The van der Waals surface area contributed by atoms with Gasteiger partial charge in [-0.15, -0.1) is 0 Å². The van der Waals surface area contributed by atoms with Gasteiger partial charge >= 0.3 is 0 Å². The standard InChI is InChI=1S/C18H17FN2O4S3/c19-13-4-1-3-12(9-13)10-15-17(23)21(18(26)27-15)7-2-5-16(22)20-14-6-8-28(24,25)11-14/h1,3-4,6,8-10,14H,2,5,7,11H2,(H,20,22)/b15-10-/t14-/m0/s1. The molecule has 0 unspecified atom stereocenters. The van der Waals surface area contributed by atoms with Gasteiger partial charge in [0.15, 0.2) is 9.84 Å². The SMILES string of the molecule is O=C(CCCN1C(=O)/C(=C/c2cccc(F)c2)SC1=S)N[C@H]1C=CS(=O)(=O)C1. The average Bonchev–Trinajstić information content (AvgIpc) is 3.08. The number of hydrogen-bond acceptors (Lipinski definition) is 6. The highest BCUT2D eigenvalue weighted by molar-refractivity contribution is 8.26. The summed E-state index contributed by atoms with van der Waals surface area (Å²) < 4.78 is 36.4. The normalized spacial score (nSPS) is 22.2. The lowest BCUT2D eigenvalue weighted by Crippen LogP contribution is -2.36. The summed E-state index contributed by atoms with van der Waals surface area (Å²) in [6.07, 6.45) is 3.56. The zero-order valence-corrected chi connectivity index (χ0v) is 17.1. The van der Waals surface area contributed by atoms with Crippen molar-refractivity contribution in [1.82, 2.24) is 10.2 Å². The molecule has 1 atom stereocenters. The Morgan fingerprint density at radius 1 is 1.43 bits per heavy atom. The van der Waals surface area contributed by atoms with Gasteiger partial charge in [-0.05, 0) is 36.3 Å². The van der Waals surface area contributed by atoms with E-state index < -0.39 is 15.9 Å². The number of nitrogens with zero attached hydrogens (tertiary/aromatic N) is 1. The number of halogens is 1. The quantitative estimate of drug-likeness (QED) is 0.540. The van der Waals surface area contributed by atoms with Gasteiger partial charge in [-0.2, -0.15) is 0 Å².